The Morgan fingerprint density at radius 3 is 1.78 bits per heavy atom. The van der Waals surface area contributed by atoms with Gasteiger partial charge in [0.1, 0.15) is 4.75 Å². The van der Waals surface area contributed by atoms with E-state index in [9.17, 15) is 13.0 Å². The largest absolute Gasteiger partial charge is 0.285 e. The van der Waals surface area contributed by atoms with Crippen molar-refractivity contribution < 1.29 is 13.0 Å². The SMILES string of the molecule is CCCCCCCCCCCCCCCC1=CC=CC(C)(S(=O)(=O)O)C1C. The third kappa shape index (κ3) is 8.51. The first-order valence-electron chi connectivity index (χ1n) is 11.2. The molecule has 158 valence electrons. The normalized spacial score (nSPS) is 22.8. The first-order chi connectivity index (χ1) is 12.8. The zero-order valence-corrected chi connectivity index (χ0v) is 18.7. The van der Waals surface area contributed by atoms with Crippen LogP contribution in [0.4, 0.5) is 0 Å². The average Bonchev–Trinajstić information content (AvgIpc) is 2.61. The average molecular weight is 399 g/mol. The van der Waals surface area contributed by atoms with E-state index in [4.69, 9.17) is 0 Å². The Morgan fingerprint density at radius 2 is 1.33 bits per heavy atom. The van der Waals surface area contributed by atoms with E-state index in [1.54, 1.807) is 19.1 Å². The van der Waals surface area contributed by atoms with Crippen LogP contribution in [0.25, 0.3) is 0 Å². The van der Waals surface area contributed by atoms with Crippen LogP contribution >= 0.6 is 0 Å². The molecule has 0 radical (unpaired) electrons. The van der Waals surface area contributed by atoms with E-state index in [0.29, 0.717) is 0 Å². The van der Waals surface area contributed by atoms with E-state index in [2.05, 4.69) is 6.92 Å². The molecule has 1 aliphatic rings. The van der Waals surface area contributed by atoms with Crippen molar-refractivity contribution in [3.63, 3.8) is 0 Å². The smallest absolute Gasteiger partial charge is 0.274 e. The van der Waals surface area contributed by atoms with Crippen LogP contribution in [-0.4, -0.2) is 17.7 Å². The highest BCUT2D eigenvalue weighted by Gasteiger charge is 2.43. The van der Waals surface area contributed by atoms with Crippen molar-refractivity contribution in [1.82, 2.24) is 0 Å². The van der Waals surface area contributed by atoms with Crippen molar-refractivity contribution in [3.8, 4) is 0 Å². The van der Waals surface area contributed by atoms with Crippen LogP contribution in [0.5, 0.6) is 0 Å². The Balaban J connectivity index is 2.07. The van der Waals surface area contributed by atoms with Crippen LogP contribution in [0.15, 0.2) is 23.8 Å². The second-order valence-corrected chi connectivity index (χ2v) is 10.3. The molecule has 0 aromatic heterocycles. The molecule has 0 spiro atoms. The highest BCUT2D eigenvalue weighted by atomic mass is 32.2. The summed E-state index contributed by atoms with van der Waals surface area (Å²) < 4.78 is 31.8. The quantitative estimate of drug-likeness (QED) is 0.233. The second-order valence-electron chi connectivity index (χ2n) is 8.47. The Bertz CT molecular complexity index is 562. The molecule has 0 saturated carbocycles. The lowest BCUT2D eigenvalue weighted by Crippen LogP contribution is -2.41. The predicted octanol–water partition coefficient (Wildman–Crippen LogP) is 7.25. The van der Waals surface area contributed by atoms with Crippen LogP contribution < -0.4 is 0 Å². The first-order valence-corrected chi connectivity index (χ1v) is 12.6. The monoisotopic (exact) mass is 398 g/mol. The summed E-state index contributed by atoms with van der Waals surface area (Å²) in [5.74, 6) is -0.171. The van der Waals surface area contributed by atoms with Crippen LogP contribution in [0, 0.1) is 5.92 Å². The van der Waals surface area contributed by atoms with Crippen LogP contribution in [0.1, 0.15) is 111 Å². The zero-order chi connectivity index (χ0) is 20.2. The molecule has 1 rings (SSSR count). The molecule has 0 amide bonds. The van der Waals surface area contributed by atoms with Gasteiger partial charge in [-0.1, -0.05) is 115 Å². The highest BCUT2D eigenvalue weighted by Crippen LogP contribution is 2.37. The van der Waals surface area contributed by atoms with E-state index in [-0.39, 0.29) is 5.92 Å². The van der Waals surface area contributed by atoms with E-state index in [0.717, 1.165) is 18.4 Å². The van der Waals surface area contributed by atoms with Gasteiger partial charge in [-0.2, -0.15) is 8.42 Å². The van der Waals surface area contributed by atoms with Gasteiger partial charge < -0.3 is 0 Å². The number of hydrogen-bond donors (Lipinski definition) is 1. The molecule has 0 heterocycles. The molecule has 3 nitrogen and oxygen atoms in total. The molecule has 2 atom stereocenters. The van der Waals surface area contributed by atoms with Gasteiger partial charge in [0.15, 0.2) is 0 Å². The molecule has 0 aromatic rings. The summed E-state index contributed by atoms with van der Waals surface area (Å²) in [7, 11) is -4.09. The summed E-state index contributed by atoms with van der Waals surface area (Å²) in [4.78, 5) is 0. The zero-order valence-electron chi connectivity index (χ0n) is 17.9. The highest BCUT2D eigenvalue weighted by molar-refractivity contribution is 7.87. The standard InChI is InChI=1S/C23H42O3S/c1-4-5-6-7-8-9-10-11-12-13-14-15-16-18-22-19-17-20-23(3,21(22)2)27(24,25)26/h17,19-21H,4-16,18H2,1-3H3,(H,24,25,26). The molecule has 2 unspecified atom stereocenters. The van der Waals surface area contributed by atoms with Gasteiger partial charge in [0.25, 0.3) is 10.1 Å². The maximum absolute atomic E-state index is 11.7. The summed E-state index contributed by atoms with van der Waals surface area (Å²) in [5.41, 5.74) is 1.14. The number of rotatable bonds is 15. The number of hydrogen-bond acceptors (Lipinski definition) is 2. The van der Waals surface area contributed by atoms with Gasteiger partial charge in [0, 0.05) is 5.92 Å². The van der Waals surface area contributed by atoms with Gasteiger partial charge in [0.2, 0.25) is 0 Å². The fraction of sp³-hybridized carbons (Fsp3) is 0.826. The molecule has 0 fully saturated rings. The van der Waals surface area contributed by atoms with E-state index >= 15 is 0 Å². The topological polar surface area (TPSA) is 54.4 Å². The first kappa shape index (κ1) is 24.4. The third-order valence-corrected chi connectivity index (χ3v) is 7.88. The van der Waals surface area contributed by atoms with Gasteiger partial charge in [0.05, 0.1) is 0 Å². The fourth-order valence-corrected chi connectivity index (χ4v) is 4.82. The lowest BCUT2D eigenvalue weighted by Gasteiger charge is -2.33. The minimum absolute atomic E-state index is 0.171. The van der Waals surface area contributed by atoms with Crippen molar-refractivity contribution >= 4 is 10.1 Å². The molecule has 1 N–H and O–H groups in total. The minimum Gasteiger partial charge on any atom is -0.285 e. The fourth-order valence-electron chi connectivity index (χ4n) is 3.98. The van der Waals surface area contributed by atoms with Crippen molar-refractivity contribution in [3.05, 3.63) is 23.8 Å². The van der Waals surface area contributed by atoms with Gasteiger partial charge in [-0.05, 0) is 19.8 Å². The summed E-state index contributed by atoms with van der Waals surface area (Å²) in [5, 5.41) is 0. The Morgan fingerprint density at radius 1 is 0.889 bits per heavy atom. The molecule has 0 saturated heterocycles. The maximum Gasteiger partial charge on any atom is 0.274 e. The van der Waals surface area contributed by atoms with Gasteiger partial charge >= 0.3 is 0 Å². The van der Waals surface area contributed by atoms with E-state index < -0.39 is 14.9 Å². The molecule has 0 aromatic carbocycles. The van der Waals surface area contributed by atoms with E-state index in [1.807, 2.05) is 13.0 Å². The Hall–Kier alpha value is -0.610. The van der Waals surface area contributed by atoms with Crippen LogP contribution in [0.3, 0.4) is 0 Å². The Kier molecular flexibility index (Phi) is 11.6. The van der Waals surface area contributed by atoms with Crippen molar-refractivity contribution in [1.29, 1.82) is 0 Å². The molecule has 0 bridgehead atoms. The predicted molar refractivity (Wildman–Crippen MR) is 117 cm³/mol. The Labute approximate surface area is 168 Å². The van der Waals surface area contributed by atoms with Crippen LogP contribution in [-0.2, 0) is 10.1 Å². The number of unbranched alkanes of at least 4 members (excludes halogenated alkanes) is 12. The number of allylic oxidation sites excluding steroid dienone is 3. The minimum atomic E-state index is -4.09. The molecule has 0 aliphatic heterocycles. The van der Waals surface area contributed by atoms with Crippen molar-refractivity contribution in [2.45, 2.75) is 115 Å². The molecular weight excluding hydrogens is 356 g/mol. The summed E-state index contributed by atoms with van der Waals surface area (Å²) in [6.45, 7) is 5.78. The molecular formula is C23H42O3S. The molecule has 1 aliphatic carbocycles. The van der Waals surface area contributed by atoms with Crippen molar-refractivity contribution in [2.75, 3.05) is 0 Å². The van der Waals surface area contributed by atoms with Crippen molar-refractivity contribution in [2.24, 2.45) is 5.92 Å². The third-order valence-electron chi connectivity index (χ3n) is 6.28. The summed E-state index contributed by atoms with van der Waals surface area (Å²) in [6.07, 6.45) is 23.7. The van der Waals surface area contributed by atoms with Gasteiger partial charge in [-0.3, -0.25) is 4.55 Å². The van der Waals surface area contributed by atoms with Crippen LogP contribution in [0.2, 0.25) is 0 Å². The summed E-state index contributed by atoms with van der Waals surface area (Å²) in [6, 6.07) is 0. The summed E-state index contributed by atoms with van der Waals surface area (Å²) >= 11 is 0. The maximum atomic E-state index is 11.7. The second kappa shape index (κ2) is 12.8. The van der Waals surface area contributed by atoms with E-state index in [1.165, 1.54) is 77.0 Å². The van der Waals surface area contributed by atoms with Gasteiger partial charge in [-0.25, -0.2) is 0 Å². The molecule has 4 heteroatoms. The lowest BCUT2D eigenvalue weighted by molar-refractivity contribution is 0.414. The van der Waals surface area contributed by atoms with Gasteiger partial charge in [-0.15, -0.1) is 0 Å². The lowest BCUT2D eigenvalue weighted by atomic mass is 9.81. The molecule has 27 heavy (non-hydrogen) atoms.